The highest BCUT2D eigenvalue weighted by atomic mass is 127. The molecule has 0 atom stereocenters. The van der Waals surface area contributed by atoms with Crippen molar-refractivity contribution in [1.29, 1.82) is 0 Å². The number of benzene rings is 1. The van der Waals surface area contributed by atoms with E-state index in [9.17, 15) is 0 Å². The molecule has 0 spiro atoms. The van der Waals surface area contributed by atoms with Gasteiger partial charge in [0.2, 0.25) is 0 Å². The Bertz CT molecular complexity index is 788. The highest BCUT2D eigenvalue weighted by molar-refractivity contribution is 14.1. The Hall–Kier alpha value is -1.21. The average Bonchev–Trinajstić information content (AvgIpc) is 2.67. The number of pyridine rings is 1. The number of halogens is 1. The molecular weight excluding hydrogens is 357 g/mol. The Morgan fingerprint density at radius 3 is 2.94 bits per heavy atom. The largest absolute Gasteiger partial charge is 0.329 e. The van der Waals surface area contributed by atoms with E-state index in [4.69, 9.17) is 12.2 Å². The topological polar surface area (TPSA) is 33.6 Å². The number of aromatic amines is 1. The lowest BCUT2D eigenvalue weighted by molar-refractivity contribution is 1.04. The molecule has 2 aromatic heterocycles. The van der Waals surface area contributed by atoms with Gasteiger partial charge in [-0.25, -0.2) is 4.98 Å². The van der Waals surface area contributed by atoms with Crippen molar-refractivity contribution < 1.29 is 0 Å². The van der Waals surface area contributed by atoms with E-state index < -0.39 is 0 Å². The molecule has 1 aromatic carbocycles. The second kappa shape index (κ2) is 4.47. The SMILES string of the molecule is Cc1ccnc2c1[nH]c(=S)n2-c1cccc(I)c1. The third-order valence-electron chi connectivity index (χ3n) is 2.85. The highest BCUT2D eigenvalue weighted by Gasteiger charge is 2.09. The van der Waals surface area contributed by atoms with Crippen LogP contribution >= 0.6 is 34.8 Å². The molecule has 0 radical (unpaired) electrons. The smallest absolute Gasteiger partial charge is 0.184 e. The number of nitrogens with zero attached hydrogens (tertiary/aromatic N) is 2. The maximum atomic E-state index is 5.40. The first-order valence-electron chi connectivity index (χ1n) is 5.49. The molecule has 90 valence electrons. The maximum absolute atomic E-state index is 5.40. The van der Waals surface area contributed by atoms with Crippen molar-refractivity contribution in [3.63, 3.8) is 0 Å². The van der Waals surface area contributed by atoms with Crippen LogP contribution in [0.15, 0.2) is 36.5 Å². The summed E-state index contributed by atoms with van der Waals surface area (Å²) in [7, 11) is 0. The summed E-state index contributed by atoms with van der Waals surface area (Å²) in [6, 6.07) is 10.2. The van der Waals surface area contributed by atoms with Crippen molar-refractivity contribution in [1.82, 2.24) is 14.5 Å². The minimum atomic E-state index is 0.675. The van der Waals surface area contributed by atoms with E-state index >= 15 is 0 Å². The van der Waals surface area contributed by atoms with Crippen molar-refractivity contribution >= 4 is 46.0 Å². The first-order chi connectivity index (χ1) is 8.66. The Kier molecular flexibility index (Phi) is 2.95. The lowest BCUT2D eigenvalue weighted by Crippen LogP contribution is -1.95. The molecule has 18 heavy (non-hydrogen) atoms. The van der Waals surface area contributed by atoms with Gasteiger partial charge in [-0.1, -0.05) is 6.07 Å². The van der Waals surface area contributed by atoms with Crippen LogP contribution in [-0.2, 0) is 0 Å². The second-order valence-electron chi connectivity index (χ2n) is 4.07. The summed E-state index contributed by atoms with van der Waals surface area (Å²) in [5.41, 5.74) is 4.06. The quantitative estimate of drug-likeness (QED) is 0.521. The van der Waals surface area contributed by atoms with Crippen LogP contribution < -0.4 is 0 Å². The summed E-state index contributed by atoms with van der Waals surface area (Å²) in [5, 5.41) is 0. The minimum absolute atomic E-state index is 0.675. The van der Waals surface area contributed by atoms with Crippen LogP contribution in [0.4, 0.5) is 0 Å². The molecule has 2 heterocycles. The maximum Gasteiger partial charge on any atom is 0.184 e. The molecule has 0 aliphatic rings. The van der Waals surface area contributed by atoms with Gasteiger partial charge in [-0.2, -0.15) is 0 Å². The van der Waals surface area contributed by atoms with Crippen LogP contribution in [0.2, 0.25) is 0 Å². The van der Waals surface area contributed by atoms with Gasteiger partial charge in [-0.15, -0.1) is 0 Å². The molecular formula is C13H10IN3S. The summed E-state index contributed by atoms with van der Waals surface area (Å²) in [4.78, 5) is 7.66. The lowest BCUT2D eigenvalue weighted by Gasteiger charge is -2.04. The highest BCUT2D eigenvalue weighted by Crippen LogP contribution is 2.21. The van der Waals surface area contributed by atoms with Crippen LogP contribution in [0.5, 0.6) is 0 Å². The predicted molar refractivity (Wildman–Crippen MR) is 83.7 cm³/mol. The molecule has 0 amide bonds. The number of rotatable bonds is 1. The normalized spacial score (nSPS) is 11.0. The van der Waals surface area contributed by atoms with Gasteiger partial charge in [0.1, 0.15) is 0 Å². The zero-order valence-corrected chi connectivity index (χ0v) is 12.6. The number of H-pyrrole nitrogens is 1. The zero-order chi connectivity index (χ0) is 12.7. The van der Waals surface area contributed by atoms with E-state index in [2.05, 4.69) is 44.7 Å². The summed E-state index contributed by atoms with van der Waals surface area (Å²) in [6.07, 6.45) is 1.81. The first kappa shape index (κ1) is 11.9. The molecule has 3 rings (SSSR count). The Labute approximate surface area is 123 Å². The zero-order valence-electron chi connectivity index (χ0n) is 9.64. The van der Waals surface area contributed by atoms with Crippen LogP contribution in [0.25, 0.3) is 16.9 Å². The number of hydrogen-bond acceptors (Lipinski definition) is 2. The summed E-state index contributed by atoms with van der Waals surface area (Å²) < 4.78 is 3.82. The van der Waals surface area contributed by atoms with Gasteiger partial charge < -0.3 is 4.98 Å². The Balaban J connectivity index is 2.39. The van der Waals surface area contributed by atoms with Crippen LogP contribution in [0, 0.1) is 15.3 Å². The number of aryl methyl sites for hydroxylation is 1. The Morgan fingerprint density at radius 1 is 1.33 bits per heavy atom. The van der Waals surface area contributed by atoms with Crippen molar-refractivity contribution in [2.45, 2.75) is 6.92 Å². The molecule has 0 bridgehead atoms. The van der Waals surface area contributed by atoms with Gasteiger partial charge in [0.25, 0.3) is 0 Å². The molecule has 1 N–H and O–H groups in total. The molecule has 0 aliphatic heterocycles. The lowest BCUT2D eigenvalue weighted by atomic mass is 10.2. The fourth-order valence-electron chi connectivity index (χ4n) is 1.98. The van der Waals surface area contributed by atoms with Gasteiger partial charge in [0.15, 0.2) is 10.4 Å². The van der Waals surface area contributed by atoms with Gasteiger partial charge in [0, 0.05) is 9.77 Å². The average molecular weight is 367 g/mol. The van der Waals surface area contributed by atoms with Gasteiger partial charge in [-0.3, -0.25) is 4.57 Å². The third kappa shape index (κ3) is 1.87. The van der Waals surface area contributed by atoms with Crippen molar-refractivity contribution in [3.05, 3.63) is 50.4 Å². The molecule has 0 aliphatic carbocycles. The molecule has 3 aromatic rings. The first-order valence-corrected chi connectivity index (χ1v) is 6.98. The third-order valence-corrected chi connectivity index (χ3v) is 3.81. The number of nitrogens with one attached hydrogen (secondary N) is 1. The summed E-state index contributed by atoms with van der Waals surface area (Å²) in [6.45, 7) is 2.05. The summed E-state index contributed by atoms with van der Waals surface area (Å²) in [5.74, 6) is 0. The molecule has 3 nitrogen and oxygen atoms in total. The Morgan fingerprint density at radius 2 is 2.17 bits per heavy atom. The van der Waals surface area contributed by atoms with Crippen LogP contribution in [-0.4, -0.2) is 14.5 Å². The summed E-state index contributed by atoms with van der Waals surface area (Å²) >= 11 is 7.70. The fraction of sp³-hybridized carbons (Fsp3) is 0.0769. The monoisotopic (exact) mass is 367 g/mol. The molecule has 5 heteroatoms. The van der Waals surface area contributed by atoms with Gasteiger partial charge >= 0.3 is 0 Å². The molecule has 0 fully saturated rings. The number of imidazole rings is 1. The second-order valence-corrected chi connectivity index (χ2v) is 5.70. The van der Waals surface area contributed by atoms with Crippen molar-refractivity contribution in [3.8, 4) is 5.69 Å². The van der Waals surface area contributed by atoms with Crippen LogP contribution in [0.1, 0.15) is 5.56 Å². The van der Waals surface area contributed by atoms with E-state index in [1.54, 1.807) is 0 Å². The van der Waals surface area contributed by atoms with Crippen LogP contribution in [0.3, 0.4) is 0 Å². The van der Waals surface area contributed by atoms with E-state index in [0.29, 0.717) is 4.77 Å². The molecule has 0 saturated heterocycles. The van der Waals surface area contributed by atoms with E-state index in [1.165, 1.54) is 3.57 Å². The fourth-order valence-corrected chi connectivity index (χ4v) is 2.80. The predicted octanol–water partition coefficient (Wildman–Crippen LogP) is 4.00. The van der Waals surface area contributed by atoms with E-state index in [1.807, 2.05) is 35.9 Å². The number of aromatic nitrogens is 3. The van der Waals surface area contributed by atoms with Crippen molar-refractivity contribution in [2.24, 2.45) is 0 Å². The minimum Gasteiger partial charge on any atom is -0.329 e. The van der Waals surface area contributed by atoms with Crippen molar-refractivity contribution in [2.75, 3.05) is 0 Å². The van der Waals surface area contributed by atoms with E-state index in [0.717, 1.165) is 22.4 Å². The number of fused-ring (bicyclic) bond motifs is 1. The number of hydrogen-bond donors (Lipinski definition) is 1. The van der Waals surface area contributed by atoms with Gasteiger partial charge in [-0.05, 0) is 71.6 Å². The van der Waals surface area contributed by atoms with E-state index in [-0.39, 0.29) is 0 Å². The molecule has 0 saturated carbocycles. The van der Waals surface area contributed by atoms with Gasteiger partial charge in [0.05, 0.1) is 11.2 Å². The molecule has 0 unspecified atom stereocenters. The standard InChI is InChI=1S/C13H10IN3S/c1-8-5-6-15-12-11(8)16-13(18)17(12)10-4-2-3-9(14)7-10/h2-7H,1H3,(H,16,18).